The molecular formula is C21H22ClF2N3O4. The molecular weight excluding hydrogens is 432 g/mol. The van der Waals surface area contributed by atoms with Crippen LogP contribution in [-0.4, -0.2) is 48.6 Å². The normalized spacial score (nSPS) is 22.5. The third-order valence-electron chi connectivity index (χ3n) is 5.84. The largest absolute Gasteiger partial charge is 0.492 e. The Morgan fingerprint density at radius 2 is 2.16 bits per heavy atom. The summed E-state index contributed by atoms with van der Waals surface area (Å²) in [5.41, 5.74) is 5.46. The molecule has 2 fully saturated rings. The minimum atomic E-state index is -1.46. The number of nitrogens with zero attached hydrogens (tertiary/aromatic N) is 2. The first-order valence-corrected chi connectivity index (χ1v) is 10.3. The third-order valence-corrected chi connectivity index (χ3v) is 6.26. The van der Waals surface area contributed by atoms with Crippen LogP contribution in [-0.2, 0) is 0 Å². The highest BCUT2D eigenvalue weighted by molar-refractivity contribution is 6.30. The van der Waals surface area contributed by atoms with Gasteiger partial charge in [0.25, 0.3) is 0 Å². The lowest BCUT2D eigenvalue weighted by molar-refractivity contribution is 0.0694. The predicted molar refractivity (Wildman–Crippen MR) is 114 cm³/mol. The molecule has 1 saturated carbocycles. The van der Waals surface area contributed by atoms with Crippen molar-refractivity contribution in [1.82, 2.24) is 4.57 Å². The summed E-state index contributed by atoms with van der Waals surface area (Å²) in [5, 5.41) is 9.77. The Labute approximate surface area is 181 Å². The number of ether oxygens (including phenoxy) is 1. The Bertz CT molecular complexity index is 1160. The number of rotatable bonds is 5. The molecule has 7 nitrogen and oxygen atoms in total. The molecule has 3 N–H and O–H groups in total. The van der Waals surface area contributed by atoms with E-state index in [1.165, 1.54) is 11.7 Å². The van der Waals surface area contributed by atoms with E-state index in [0.717, 1.165) is 24.3 Å². The zero-order valence-corrected chi connectivity index (χ0v) is 17.6. The molecule has 4 rings (SSSR count). The maximum absolute atomic E-state index is 15.3. The van der Waals surface area contributed by atoms with Crippen molar-refractivity contribution in [2.75, 3.05) is 31.6 Å². The fourth-order valence-corrected chi connectivity index (χ4v) is 4.37. The fraction of sp³-hybridized carbons (Fsp3) is 0.429. The molecule has 166 valence electrons. The van der Waals surface area contributed by atoms with Gasteiger partial charge in [0, 0.05) is 37.3 Å². The average Bonchev–Trinajstić information content (AvgIpc) is 3.48. The van der Waals surface area contributed by atoms with Crippen LogP contribution in [0.1, 0.15) is 35.7 Å². The number of pyridine rings is 1. The monoisotopic (exact) mass is 453 g/mol. The van der Waals surface area contributed by atoms with Crippen molar-refractivity contribution < 1.29 is 23.4 Å². The number of carbonyl (C=O) groups is 1. The Balaban J connectivity index is 1.98. The van der Waals surface area contributed by atoms with Crippen LogP contribution in [0.3, 0.4) is 0 Å². The van der Waals surface area contributed by atoms with E-state index in [1.54, 1.807) is 4.90 Å². The number of alkyl halides is 1. The summed E-state index contributed by atoms with van der Waals surface area (Å²) >= 11 is 6.22. The number of aromatic carboxylic acids is 1. The summed E-state index contributed by atoms with van der Waals surface area (Å²) in [5.74, 6) is -2.12. The van der Waals surface area contributed by atoms with Gasteiger partial charge in [-0.15, -0.1) is 0 Å². The molecule has 2 aliphatic rings. The molecule has 0 radical (unpaired) electrons. The number of fused-ring (bicyclic) bond motifs is 1. The Hall–Kier alpha value is -2.65. The number of aromatic nitrogens is 1. The predicted octanol–water partition coefficient (Wildman–Crippen LogP) is 3.18. The number of piperidine rings is 1. The number of nitrogens with two attached hydrogens (primary N) is 1. The zero-order valence-electron chi connectivity index (χ0n) is 16.8. The lowest BCUT2D eigenvalue weighted by Crippen LogP contribution is -2.33. The standard InChI is InChI=1S/C21H22ClF2N3O4/c1-31-20-17-11(19(28)12(21(29)30)9-27(17)16-6-14(16)23)5-15(24)18(20)26-4-2-3-10(8-26)13(22)7-25/h5,9,14,16H,2-4,6-8,25H2,1H3,(H,29,30)/t14-,16+/m0/s1. The fourth-order valence-electron chi connectivity index (χ4n) is 4.21. The van der Waals surface area contributed by atoms with Crippen molar-refractivity contribution in [3.8, 4) is 5.75 Å². The van der Waals surface area contributed by atoms with Crippen LogP contribution in [0.4, 0.5) is 14.5 Å². The molecule has 1 aromatic carbocycles. The van der Waals surface area contributed by atoms with Crippen molar-refractivity contribution in [3.63, 3.8) is 0 Å². The van der Waals surface area contributed by atoms with E-state index in [2.05, 4.69) is 0 Å². The van der Waals surface area contributed by atoms with Crippen molar-refractivity contribution >= 4 is 34.2 Å². The summed E-state index contributed by atoms with van der Waals surface area (Å²) < 4.78 is 36.2. The Morgan fingerprint density at radius 1 is 1.45 bits per heavy atom. The van der Waals surface area contributed by atoms with Gasteiger partial charge in [-0.3, -0.25) is 4.79 Å². The summed E-state index contributed by atoms with van der Waals surface area (Å²) in [4.78, 5) is 26.1. The molecule has 1 aromatic heterocycles. The molecule has 10 heteroatoms. The zero-order chi connectivity index (χ0) is 22.4. The highest BCUT2D eigenvalue weighted by Crippen LogP contribution is 2.45. The quantitative estimate of drug-likeness (QED) is 0.721. The van der Waals surface area contributed by atoms with E-state index in [-0.39, 0.29) is 35.3 Å². The molecule has 1 aliphatic heterocycles. The summed E-state index contributed by atoms with van der Waals surface area (Å²) in [7, 11) is 1.34. The molecule has 1 aliphatic carbocycles. The highest BCUT2D eigenvalue weighted by atomic mass is 35.5. The van der Waals surface area contributed by atoms with Gasteiger partial charge < -0.3 is 25.0 Å². The highest BCUT2D eigenvalue weighted by Gasteiger charge is 2.41. The summed E-state index contributed by atoms with van der Waals surface area (Å²) in [6.45, 7) is 1.03. The van der Waals surface area contributed by atoms with Gasteiger partial charge in [-0.2, -0.15) is 0 Å². The van der Waals surface area contributed by atoms with Gasteiger partial charge in [-0.05, 0) is 24.5 Å². The minimum Gasteiger partial charge on any atom is -0.492 e. The molecule has 31 heavy (non-hydrogen) atoms. The first kappa shape index (κ1) is 21.6. The molecule has 2 aromatic rings. The van der Waals surface area contributed by atoms with Gasteiger partial charge >= 0.3 is 5.97 Å². The summed E-state index contributed by atoms with van der Waals surface area (Å²) in [6.07, 6.45) is 1.57. The van der Waals surface area contributed by atoms with E-state index in [1.807, 2.05) is 0 Å². The van der Waals surface area contributed by atoms with E-state index >= 15 is 4.39 Å². The van der Waals surface area contributed by atoms with Crippen molar-refractivity contribution in [2.45, 2.75) is 31.5 Å². The molecule has 0 unspecified atom stereocenters. The van der Waals surface area contributed by atoms with E-state index in [0.29, 0.717) is 24.5 Å². The van der Waals surface area contributed by atoms with Crippen LogP contribution in [0, 0.1) is 5.82 Å². The second-order valence-corrected chi connectivity index (χ2v) is 8.23. The third kappa shape index (κ3) is 3.65. The number of carboxylic acid groups (broad SMARTS) is 1. The van der Waals surface area contributed by atoms with Crippen LogP contribution in [0.5, 0.6) is 5.75 Å². The molecule has 0 spiro atoms. The second kappa shape index (κ2) is 8.12. The van der Waals surface area contributed by atoms with Crippen molar-refractivity contribution in [1.29, 1.82) is 0 Å². The smallest absolute Gasteiger partial charge is 0.341 e. The van der Waals surface area contributed by atoms with Gasteiger partial charge in [-0.25, -0.2) is 13.6 Å². The number of anilines is 1. The lowest BCUT2D eigenvalue weighted by atomic mass is 10.0. The van der Waals surface area contributed by atoms with Gasteiger partial charge in [0.15, 0.2) is 11.6 Å². The van der Waals surface area contributed by atoms with Gasteiger partial charge in [0.05, 0.1) is 24.1 Å². The maximum atomic E-state index is 15.3. The van der Waals surface area contributed by atoms with Gasteiger partial charge in [-0.1, -0.05) is 11.6 Å². The Kier molecular flexibility index (Phi) is 5.65. The number of halogens is 3. The van der Waals surface area contributed by atoms with Crippen LogP contribution in [0.15, 0.2) is 27.7 Å². The molecule has 0 amide bonds. The minimum absolute atomic E-state index is 0.0632. The summed E-state index contributed by atoms with van der Waals surface area (Å²) in [6, 6.07) is 0.369. The molecule has 1 saturated heterocycles. The second-order valence-electron chi connectivity index (χ2n) is 7.78. The SMILES string of the molecule is COc1c(N2CCCC(=C(Cl)CN)C2)c(F)cc2c(=O)c(C(=O)O)cn([C@@H]3C[C@@H]3F)c12. The average molecular weight is 454 g/mol. The molecule has 2 heterocycles. The van der Waals surface area contributed by atoms with Crippen LogP contribution in [0.25, 0.3) is 10.9 Å². The Morgan fingerprint density at radius 3 is 2.74 bits per heavy atom. The number of benzene rings is 1. The van der Waals surface area contributed by atoms with E-state index < -0.39 is 35.0 Å². The maximum Gasteiger partial charge on any atom is 0.341 e. The van der Waals surface area contributed by atoms with Crippen LogP contribution >= 0.6 is 11.6 Å². The molecule has 2 atom stereocenters. The van der Waals surface area contributed by atoms with E-state index in [4.69, 9.17) is 22.1 Å². The molecule has 0 bridgehead atoms. The van der Waals surface area contributed by atoms with Crippen LogP contribution in [0.2, 0.25) is 0 Å². The lowest BCUT2D eigenvalue weighted by Gasteiger charge is -2.33. The van der Waals surface area contributed by atoms with Crippen molar-refractivity contribution in [2.24, 2.45) is 5.73 Å². The topological polar surface area (TPSA) is 97.8 Å². The first-order chi connectivity index (χ1) is 14.8. The number of hydrogen-bond donors (Lipinski definition) is 2. The van der Waals surface area contributed by atoms with Crippen LogP contribution < -0.4 is 20.8 Å². The number of hydrogen-bond acceptors (Lipinski definition) is 5. The number of methoxy groups -OCH3 is 1. The first-order valence-electron chi connectivity index (χ1n) is 9.92. The van der Waals surface area contributed by atoms with Crippen molar-refractivity contribution in [3.05, 3.63) is 44.5 Å². The van der Waals surface area contributed by atoms with E-state index in [9.17, 15) is 19.1 Å². The number of carboxylic acids is 1. The van der Waals surface area contributed by atoms with Gasteiger partial charge in [0.1, 0.15) is 17.4 Å². The van der Waals surface area contributed by atoms with Gasteiger partial charge in [0.2, 0.25) is 5.43 Å².